The van der Waals surface area contributed by atoms with Crippen LogP contribution in [0.5, 0.6) is 0 Å². The Hall–Kier alpha value is -2.40. The van der Waals surface area contributed by atoms with Gasteiger partial charge in [-0.1, -0.05) is 12.1 Å². The monoisotopic (exact) mass is 254 g/mol. The SMILES string of the molecule is NCCC(=O)Nc1ccc2ccc3ccnc3c2[nH]1. The zero-order valence-corrected chi connectivity index (χ0v) is 10.3. The third-order valence-corrected chi connectivity index (χ3v) is 3.03. The van der Waals surface area contributed by atoms with Crippen molar-refractivity contribution in [2.75, 3.05) is 11.9 Å². The van der Waals surface area contributed by atoms with Gasteiger partial charge in [0.25, 0.3) is 0 Å². The molecule has 2 heterocycles. The quantitative estimate of drug-likeness (QED) is 0.668. The minimum Gasteiger partial charge on any atom is -0.339 e. The summed E-state index contributed by atoms with van der Waals surface area (Å²) in [6.07, 6.45) is 2.09. The Morgan fingerprint density at radius 1 is 1.21 bits per heavy atom. The van der Waals surface area contributed by atoms with Gasteiger partial charge in [-0.2, -0.15) is 0 Å². The van der Waals surface area contributed by atoms with Crippen molar-refractivity contribution in [2.45, 2.75) is 6.42 Å². The van der Waals surface area contributed by atoms with Crippen LogP contribution in [0.2, 0.25) is 0 Å². The highest BCUT2D eigenvalue weighted by atomic mass is 16.1. The summed E-state index contributed by atoms with van der Waals surface area (Å²) in [5.74, 6) is 0.558. The van der Waals surface area contributed by atoms with Crippen LogP contribution in [0, 0.1) is 0 Å². The Morgan fingerprint density at radius 2 is 2.00 bits per heavy atom. The molecule has 5 heteroatoms. The lowest BCUT2D eigenvalue weighted by molar-refractivity contribution is -0.116. The van der Waals surface area contributed by atoms with Crippen molar-refractivity contribution in [2.24, 2.45) is 5.73 Å². The van der Waals surface area contributed by atoms with Gasteiger partial charge in [0.2, 0.25) is 5.91 Å². The second kappa shape index (κ2) is 4.70. The topological polar surface area (TPSA) is 83.8 Å². The first-order valence-electron chi connectivity index (χ1n) is 6.14. The fraction of sp³-hybridized carbons (Fsp3) is 0.143. The van der Waals surface area contributed by atoms with Gasteiger partial charge in [-0.25, -0.2) is 0 Å². The Morgan fingerprint density at radius 3 is 2.84 bits per heavy atom. The molecule has 3 rings (SSSR count). The highest BCUT2D eigenvalue weighted by molar-refractivity contribution is 6.04. The molecule has 0 saturated heterocycles. The average molecular weight is 254 g/mol. The molecule has 4 N–H and O–H groups in total. The molecule has 0 saturated carbocycles. The normalized spacial score (nSPS) is 11.0. The number of rotatable bonds is 3. The van der Waals surface area contributed by atoms with Crippen molar-refractivity contribution in [3.05, 3.63) is 36.5 Å². The number of hydrogen-bond donors (Lipinski definition) is 3. The Kier molecular flexibility index (Phi) is 2.89. The van der Waals surface area contributed by atoms with Crippen molar-refractivity contribution in [3.63, 3.8) is 0 Å². The summed E-state index contributed by atoms with van der Waals surface area (Å²) < 4.78 is 0. The molecule has 3 aromatic rings. The van der Waals surface area contributed by atoms with Crippen LogP contribution in [0.15, 0.2) is 36.5 Å². The number of nitrogens with zero attached hydrogens (tertiary/aromatic N) is 1. The molecule has 0 radical (unpaired) electrons. The van der Waals surface area contributed by atoms with E-state index in [9.17, 15) is 4.79 Å². The van der Waals surface area contributed by atoms with Crippen molar-refractivity contribution in [1.82, 2.24) is 9.97 Å². The lowest BCUT2D eigenvalue weighted by atomic mass is 10.1. The second-order valence-electron chi connectivity index (χ2n) is 4.37. The number of hydrogen-bond acceptors (Lipinski definition) is 3. The molecule has 0 aliphatic rings. The molecule has 0 aliphatic carbocycles. The smallest absolute Gasteiger partial charge is 0.226 e. The van der Waals surface area contributed by atoms with Gasteiger partial charge >= 0.3 is 0 Å². The van der Waals surface area contributed by atoms with E-state index in [1.807, 2.05) is 30.3 Å². The molecule has 0 bridgehead atoms. The van der Waals surface area contributed by atoms with Crippen LogP contribution in [0.25, 0.3) is 21.8 Å². The minimum atomic E-state index is -0.0965. The van der Waals surface area contributed by atoms with Crippen molar-refractivity contribution < 1.29 is 4.79 Å². The van der Waals surface area contributed by atoms with Gasteiger partial charge in [0.1, 0.15) is 5.82 Å². The van der Waals surface area contributed by atoms with E-state index in [4.69, 9.17) is 5.73 Å². The molecule has 0 aliphatic heterocycles. The third kappa shape index (κ3) is 2.15. The predicted molar refractivity (Wildman–Crippen MR) is 75.9 cm³/mol. The summed E-state index contributed by atoms with van der Waals surface area (Å²) in [5, 5.41) is 4.93. The Labute approximate surface area is 109 Å². The number of carbonyl (C=O) groups is 1. The molecule has 5 nitrogen and oxygen atoms in total. The second-order valence-corrected chi connectivity index (χ2v) is 4.37. The number of benzene rings is 1. The number of nitrogens with two attached hydrogens (primary N) is 1. The van der Waals surface area contributed by atoms with Gasteiger partial charge in [0.05, 0.1) is 11.0 Å². The summed E-state index contributed by atoms with van der Waals surface area (Å²) in [4.78, 5) is 19.1. The van der Waals surface area contributed by atoms with Crippen LogP contribution in [0.4, 0.5) is 5.82 Å². The van der Waals surface area contributed by atoms with Gasteiger partial charge in [-0.15, -0.1) is 0 Å². The van der Waals surface area contributed by atoms with E-state index in [2.05, 4.69) is 15.3 Å². The molecule has 0 fully saturated rings. The van der Waals surface area contributed by atoms with Crippen molar-refractivity contribution >= 4 is 33.5 Å². The molecule has 0 unspecified atom stereocenters. The highest BCUT2D eigenvalue weighted by Crippen LogP contribution is 2.23. The lowest BCUT2D eigenvalue weighted by Crippen LogP contribution is -2.16. The number of nitrogens with one attached hydrogen (secondary N) is 2. The number of carbonyl (C=O) groups excluding carboxylic acids is 1. The van der Waals surface area contributed by atoms with Gasteiger partial charge < -0.3 is 16.0 Å². The standard InChI is InChI=1S/C14H14N4O/c15-7-5-12(19)17-11-4-3-9-1-2-10-6-8-16-13(10)14(9)18-11/h1-4,6,8,18H,5,7,15H2,(H,17,19). The highest BCUT2D eigenvalue weighted by Gasteiger charge is 2.05. The zero-order chi connectivity index (χ0) is 13.2. The van der Waals surface area contributed by atoms with Crippen LogP contribution in [-0.2, 0) is 4.79 Å². The molecule has 1 amide bonds. The van der Waals surface area contributed by atoms with Gasteiger partial charge in [-0.05, 0) is 18.2 Å². The van der Waals surface area contributed by atoms with Gasteiger partial charge in [-0.3, -0.25) is 9.78 Å². The van der Waals surface area contributed by atoms with Gasteiger partial charge in [0.15, 0.2) is 0 Å². The van der Waals surface area contributed by atoms with E-state index in [0.717, 1.165) is 21.8 Å². The summed E-state index contributed by atoms with van der Waals surface area (Å²) in [6, 6.07) is 9.82. The van der Waals surface area contributed by atoms with E-state index in [0.29, 0.717) is 18.8 Å². The van der Waals surface area contributed by atoms with Crippen LogP contribution in [-0.4, -0.2) is 22.4 Å². The first-order chi connectivity index (χ1) is 9.28. The number of aromatic amines is 1. The lowest BCUT2D eigenvalue weighted by Gasteiger charge is -2.07. The summed E-state index contributed by atoms with van der Waals surface area (Å²) in [7, 11) is 0. The van der Waals surface area contributed by atoms with Crippen LogP contribution >= 0.6 is 0 Å². The maximum atomic E-state index is 11.5. The predicted octanol–water partition coefficient (Wildman–Crippen LogP) is 2.00. The van der Waals surface area contributed by atoms with Gasteiger partial charge in [0, 0.05) is 29.9 Å². The molecule has 2 aromatic heterocycles. The number of aromatic nitrogens is 2. The fourth-order valence-electron chi connectivity index (χ4n) is 2.12. The molecule has 19 heavy (non-hydrogen) atoms. The van der Waals surface area contributed by atoms with E-state index < -0.39 is 0 Å². The van der Waals surface area contributed by atoms with E-state index in [1.54, 1.807) is 6.20 Å². The summed E-state index contributed by atoms with van der Waals surface area (Å²) in [6.45, 7) is 0.341. The van der Waals surface area contributed by atoms with Crippen LogP contribution < -0.4 is 11.1 Å². The average Bonchev–Trinajstić information content (AvgIpc) is 2.87. The zero-order valence-electron chi connectivity index (χ0n) is 10.3. The van der Waals surface area contributed by atoms with E-state index in [1.165, 1.54) is 0 Å². The number of fused-ring (bicyclic) bond motifs is 3. The minimum absolute atomic E-state index is 0.0965. The van der Waals surface area contributed by atoms with E-state index >= 15 is 0 Å². The maximum absolute atomic E-state index is 11.5. The molecule has 0 atom stereocenters. The van der Waals surface area contributed by atoms with Crippen molar-refractivity contribution in [3.8, 4) is 0 Å². The third-order valence-electron chi connectivity index (χ3n) is 3.03. The molecule has 0 spiro atoms. The number of amides is 1. The number of H-pyrrole nitrogens is 1. The number of anilines is 1. The first kappa shape index (κ1) is 11.7. The largest absolute Gasteiger partial charge is 0.339 e. The Balaban J connectivity index is 2.05. The van der Waals surface area contributed by atoms with Crippen LogP contribution in [0.3, 0.4) is 0 Å². The fourth-order valence-corrected chi connectivity index (χ4v) is 2.12. The molecule has 1 aromatic carbocycles. The molecular weight excluding hydrogens is 240 g/mol. The summed E-state index contributed by atoms with van der Waals surface area (Å²) in [5.41, 5.74) is 7.19. The maximum Gasteiger partial charge on any atom is 0.226 e. The first-order valence-corrected chi connectivity index (χ1v) is 6.14. The van der Waals surface area contributed by atoms with E-state index in [-0.39, 0.29) is 5.91 Å². The Bertz CT molecular complexity index is 747. The van der Waals surface area contributed by atoms with Crippen molar-refractivity contribution in [1.29, 1.82) is 0 Å². The number of pyridine rings is 1. The van der Waals surface area contributed by atoms with Crippen LogP contribution in [0.1, 0.15) is 6.42 Å². The summed E-state index contributed by atoms with van der Waals surface area (Å²) >= 11 is 0. The molecular formula is C14H14N4O. The molecule has 96 valence electrons.